The second-order valence-corrected chi connectivity index (χ2v) is 4.24. The van der Waals surface area contributed by atoms with Gasteiger partial charge in [-0.05, 0) is 24.5 Å². The molecule has 1 fully saturated rings. The van der Waals surface area contributed by atoms with E-state index in [4.69, 9.17) is 5.11 Å². The minimum Gasteiger partial charge on any atom is -0.480 e. The molecule has 1 aliphatic rings. The highest BCUT2D eigenvalue weighted by Gasteiger charge is 2.26. The molecule has 0 atom stereocenters. The zero-order chi connectivity index (χ0) is 11.4. The van der Waals surface area contributed by atoms with E-state index in [-0.39, 0.29) is 6.54 Å². The summed E-state index contributed by atoms with van der Waals surface area (Å²) >= 11 is 0. The molecule has 2 rings (SSSR count). The summed E-state index contributed by atoms with van der Waals surface area (Å²) in [4.78, 5) is 16.9. The maximum atomic E-state index is 10.8. The first kappa shape index (κ1) is 11.1. The van der Waals surface area contributed by atoms with Crippen molar-refractivity contribution in [2.24, 2.45) is 0 Å². The Hall–Kier alpha value is -1.42. The van der Waals surface area contributed by atoms with Gasteiger partial charge in [-0.15, -0.1) is 0 Å². The van der Waals surface area contributed by atoms with Gasteiger partial charge in [-0.2, -0.15) is 0 Å². The van der Waals surface area contributed by atoms with E-state index in [1.54, 1.807) is 12.4 Å². The van der Waals surface area contributed by atoms with Crippen LogP contribution in [0, 0.1) is 0 Å². The average molecular weight is 220 g/mol. The molecule has 1 saturated carbocycles. The summed E-state index contributed by atoms with van der Waals surface area (Å²) in [6.45, 7) is 0.810. The van der Waals surface area contributed by atoms with Crippen LogP contribution < -0.4 is 0 Å². The van der Waals surface area contributed by atoms with Crippen LogP contribution >= 0.6 is 0 Å². The minimum atomic E-state index is -0.754. The lowest BCUT2D eigenvalue weighted by Gasteiger charge is -2.36. The van der Waals surface area contributed by atoms with Crippen LogP contribution in [-0.2, 0) is 11.3 Å². The van der Waals surface area contributed by atoms with E-state index in [0.29, 0.717) is 12.6 Å². The summed E-state index contributed by atoms with van der Waals surface area (Å²) in [5, 5.41) is 8.87. The van der Waals surface area contributed by atoms with Crippen LogP contribution in [-0.4, -0.2) is 33.5 Å². The van der Waals surface area contributed by atoms with Gasteiger partial charge in [-0.1, -0.05) is 12.5 Å². The van der Waals surface area contributed by atoms with Crippen LogP contribution in [0.25, 0.3) is 0 Å². The van der Waals surface area contributed by atoms with Crippen molar-refractivity contribution >= 4 is 5.97 Å². The Morgan fingerprint density at radius 3 is 2.88 bits per heavy atom. The van der Waals surface area contributed by atoms with Gasteiger partial charge in [0.1, 0.15) is 0 Å². The number of rotatable bonds is 5. The van der Waals surface area contributed by atoms with Gasteiger partial charge in [-0.3, -0.25) is 14.7 Å². The summed E-state index contributed by atoms with van der Waals surface area (Å²) in [7, 11) is 0. The van der Waals surface area contributed by atoms with Crippen LogP contribution in [0.15, 0.2) is 24.5 Å². The number of hydrogen-bond donors (Lipinski definition) is 1. The van der Waals surface area contributed by atoms with Gasteiger partial charge >= 0.3 is 5.97 Å². The van der Waals surface area contributed by atoms with Crippen molar-refractivity contribution in [2.45, 2.75) is 31.8 Å². The predicted octanol–water partition coefficient (Wildman–Crippen LogP) is 1.52. The van der Waals surface area contributed by atoms with Crippen molar-refractivity contribution in [3.05, 3.63) is 30.1 Å². The van der Waals surface area contributed by atoms with E-state index < -0.39 is 5.97 Å². The molecule has 16 heavy (non-hydrogen) atoms. The SMILES string of the molecule is O=C(O)CN(Cc1cccnc1)C1CCC1. The van der Waals surface area contributed by atoms with E-state index in [2.05, 4.69) is 4.98 Å². The molecule has 4 nitrogen and oxygen atoms in total. The Labute approximate surface area is 94.9 Å². The monoisotopic (exact) mass is 220 g/mol. The number of pyridine rings is 1. The van der Waals surface area contributed by atoms with Crippen molar-refractivity contribution in [3.8, 4) is 0 Å². The fraction of sp³-hybridized carbons (Fsp3) is 0.500. The summed E-state index contributed by atoms with van der Waals surface area (Å²) < 4.78 is 0. The fourth-order valence-electron chi connectivity index (χ4n) is 1.97. The third-order valence-corrected chi connectivity index (χ3v) is 3.04. The first-order chi connectivity index (χ1) is 7.75. The quantitative estimate of drug-likeness (QED) is 0.817. The fourth-order valence-corrected chi connectivity index (χ4v) is 1.97. The summed E-state index contributed by atoms with van der Waals surface area (Å²) in [5.41, 5.74) is 1.08. The molecule has 0 aliphatic heterocycles. The van der Waals surface area contributed by atoms with E-state index in [1.165, 1.54) is 6.42 Å². The number of aliphatic carboxylic acids is 1. The summed E-state index contributed by atoms with van der Waals surface area (Å²) in [6.07, 6.45) is 6.98. The predicted molar refractivity (Wildman–Crippen MR) is 59.9 cm³/mol. The number of nitrogens with zero attached hydrogens (tertiary/aromatic N) is 2. The molecule has 1 aromatic rings. The van der Waals surface area contributed by atoms with Crippen molar-refractivity contribution in [1.29, 1.82) is 0 Å². The van der Waals surface area contributed by atoms with E-state index in [0.717, 1.165) is 18.4 Å². The molecule has 0 spiro atoms. The van der Waals surface area contributed by atoms with E-state index in [9.17, 15) is 4.79 Å². The molecule has 1 aromatic heterocycles. The highest BCUT2D eigenvalue weighted by atomic mass is 16.4. The molecular weight excluding hydrogens is 204 g/mol. The molecule has 1 N–H and O–H groups in total. The summed E-state index contributed by atoms with van der Waals surface area (Å²) in [5.74, 6) is -0.754. The topological polar surface area (TPSA) is 53.4 Å². The Bertz CT molecular complexity index is 349. The van der Waals surface area contributed by atoms with E-state index in [1.807, 2.05) is 17.0 Å². The minimum absolute atomic E-state index is 0.125. The second kappa shape index (κ2) is 5.07. The normalized spacial score (nSPS) is 16.1. The number of carboxylic acid groups (broad SMARTS) is 1. The lowest BCUT2D eigenvalue weighted by Crippen LogP contribution is -2.42. The lowest BCUT2D eigenvalue weighted by atomic mass is 9.91. The number of hydrogen-bond acceptors (Lipinski definition) is 3. The number of carbonyl (C=O) groups is 1. The molecule has 0 aromatic carbocycles. The van der Waals surface area contributed by atoms with Gasteiger partial charge in [0, 0.05) is 25.0 Å². The van der Waals surface area contributed by atoms with Gasteiger partial charge in [0.25, 0.3) is 0 Å². The van der Waals surface area contributed by atoms with Gasteiger partial charge in [0.05, 0.1) is 6.54 Å². The average Bonchev–Trinajstić information content (AvgIpc) is 2.15. The maximum absolute atomic E-state index is 10.8. The Morgan fingerprint density at radius 1 is 1.56 bits per heavy atom. The van der Waals surface area contributed by atoms with Crippen LogP contribution in [0.3, 0.4) is 0 Å². The zero-order valence-corrected chi connectivity index (χ0v) is 9.17. The van der Waals surface area contributed by atoms with Gasteiger partial charge in [0.2, 0.25) is 0 Å². The molecule has 4 heteroatoms. The van der Waals surface area contributed by atoms with Crippen molar-refractivity contribution in [2.75, 3.05) is 6.54 Å². The molecule has 0 radical (unpaired) electrons. The third-order valence-electron chi connectivity index (χ3n) is 3.04. The van der Waals surface area contributed by atoms with Crippen LogP contribution in [0.4, 0.5) is 0 Å². The Balaban J connectivity index is 1.98. The van der Waals surface area contributed by atoms with Gasteiger partial charge < -0.3 is 5.11 Å². The Kier molecular flexibility index (Phi) is 3.51. The number of aromatic nitrogens is 1. The molecular formula is C12H16N2O2. The second-order valence-electron chi connectivity index (χ2n) is 4.24. The van der Waals surface area contributed by atoms with Gasteiger partial charge in [-0.25, -0.2) is 0 Å². The first-order valence-electron chi connectivity index (χ1n) is 5.60. The molecule has 0 bridgehead atoms. The van der Waals surface area contributed by atoms with Crippen LogP contribution in [0.5, 0.6) is 0 Å². The maximum Gasteiger partial charge on any atom is 0.317 e. The molecule has 1 aliphatic carbocycles. The van der Waals surface area contributed by atoms with Gasteiger partial charge in [0.15, 0.2) is 0 Å². The third kappa shape index (κ3) is 2.79. The Morgan fingerprint density at radius 2 is 2.38 bits per heavy atom. The molecule has 1 heterocycles. The molecule has 0 amide bonds. The standard InChI is InChI=1S/C12H16N2O2/c15-12(16)9-14(11-4-1-5-11)8-10-3-2-6-13-7-10/h2-3,6-7,11H,1,4-5,8-9H2,(H,15,16). The van der Waals surface area contributed by atoms with Crippen molar-refractivity contribution in [1.82, 2.24) is 9.88 Å². The number of carboxylic acids is 1. The van der Waals surface area contributed by atoms with Crippen molar-refractivity contribution in [3.63, 3.8) is 0 Å². The molecule has 0 saturated heterocycles. The van der Waals surface area contributed by atoms with Crippen molar-refractivity contribution < 1.29 is 9.90 Å². The zero-order valence-electron chi connectivity index (χ0n) is 9.17. The first-order valence-corrected chi connectivity index (χ1v) is 5.60. The molecule has 86 valence electrons. The van der Waals surface area contributed by atoms with Crippen LogP contribution in [0.1, 0.15) is 24.8 Å². The molecule has 0 unspecified atom stereocenters. The lowest BCUT2D eigenvalue weighted by molar-refractivity contribution is -0.139. The van der Waals surface area contributed by atoms with Crippen LogP contribution in [0.2, 0.25) is 0 Å². The van der Waals surface area contributed by atoms with E-state index >= 15 is 0 Å². The highest BCUT2D eigenvalue weighted by molar-refractivity contribution is 5.69. The summed E-state index contributed by atoms with van der Waals surface area (Å²) in [6, 6.07) is 4.31. The smallest absolute Gasteiger partial charge is 0.317 e. The largest absolute Gasteiger partial charge is 0.480 e. The highest BCUT2D eigenvalue weighted by Crippen LogP contribution is 2.25.